The minimum Gasteiger partial charge on any atom is -0.508 e. The number of hydrogen-bond donors (Lipinski definition) is 3. The number of nitrogens with one attached hydrogen (secondary N) is 1. The molecule has 0 saturated heterocycles. The van der Waals surface area contributed by atoms with Crippen LogP contribution in [0, 0.1) is 0 Å². The molecule has 0 bridgehead atoms. The summed E-state index contributed by atoms with van der Waals surface area (Å²) < 4.78 is 0. The van der Waals surface area contributed by atoms with Gasteiger partial charge in [-0.25, -0.2) is 10.2 Å². The first-order valence-corrected chi connectivity index (χ1v) is 6.45. The van der Waals surface area contributed by atoms with Crippen LogP contribution in [0.15, 0.2) is 53.6 Å². The third kappa shape index (κ3) is 3.49. The van der Waals surface area contributed by atoms with Gasteiger partial charge in [0.05, 0.1) is 16.8 Å². The van der Waals surface area contributed by atoms with Crippen molar-refractivity contribution in [3.05, 3.63) is 65.2 Å². The van der Waals surface area contributed by atoms with E-state index in [2.05, 4.69) is 10.5 Å². The first-order valence-electron chi connectivity index (χ1n) is 6.45. The summed E-state index contributed by atoms with van der Waals surface area (Å²) >= 11 is 0. The summed E-state index contributed by atoms with van der Waals surface area (Å²) in [4.78, 5) is 23.1. The fourth-order valence-electron chi connectivity index (χ4n) is 1.83. The van der Waals surface area contributed by atoms with Crippen LogP contribution in [-0.4, -0.2) is 27.8 Å². The third-order valence-corrected chi connectivity index (χ3v) is 3.01. The topological polar surface area (TPSA) is 99.0 Å². The number of carbonyl (C=O) groups is 2. The molecule has 0 aliphatic rings. The lowest BCUT2D eigenvalue weighted by atomic mass is 10.1. The molecular formula is C16H14N2O4. The van der Waals surface area contributed by atoms with E-state index in [1.807, 2.05) is 0 Å². The zero-order valence-corrected chi connectivity index (χ0v) is 11.8. The fraction of sp³-hybridized carbons (Fsp3) is 0.0625. The van der Waals surface area contributed by atoms with Gasteiger partial charge in [0.25, 0.3) is 5.91 Å². The second-order valence-electron chi connectivity index (χ2n) is 4.54. The standard InChI is InChI=1S/C16H14N2O4/c1-10(11-6-8-12(19)9-7-11)17-18-15(20)13-4-2-3-5-14(13)16(21)22/h2-9,19H,1H3,(H,18,20)(H,21,22). The summed E-state index contributed by atoms with van der Waals surface area (Å²) in [5, 5.41) is 22.2. The van der Waals surface area contributed by atoms with Crippen molar-refractivity contribution in [1.29, 1.82) is 0 Å². The van der Waals surface area contributed by atoms with Crippen molar-refractivity contribution >= 4 is 17.6 Å². The Hall–Kier alpha value is -3.15. The quantitative estimate of drug-likeness (QED) is 0.595. The highest BCUT2D eigenvalue weighted by atomic mass is 16.4. The Morgan fingerprint density at radius 2 is 1.59 bits per heavy atom. The Kier molecular flexibility index (Phi) is 4.53. The maximum absolute atomic E-state index is 12.0. The Morgan fingerprint density at radius 1 is 1.00 bits per heavy atom. The number of carboxylic acid groups (broad SMARTS) is 1. The fourth-order valence-corrected chi connectivity index (χ4v) is 1.83. The van der Waals surface area contributed by atoms with Crippen LogP contribution in [-0.2, 0) is 0 Å². The van der Waals surface area contributed by atoms with Gasteiger partial charge in [-0.1, -0.05) is 12.1 Å². The molecule has 2 rings (SSSR count). The van der Waals surface area contributed by atoms with E-state index in [0.717, 1.165) is 5.56 Å². The first-order chi connectivity index (χ1) is 10.5. The Balaban J connectivity index is 2.17. The molecule has 0 aliphatic carbocycles. The van der Waals surface area contributed by atoms with Crippen LogP contribution in [0.1, 0.15) is 33.2 Å². The highest BCUT2D eigenvalue weighted by Crippen LogP contribution is 2.11. The summed E-state index contributed by atoms with van der Waals surface area (Å²) in [6.07, 6.45) is 0. The lowest BCUT2D eigenvalue weighted by Crippen LogP contribution is -2.22. The van der Waals surface area contributed by atoms with Gasteiger partial charge in [-0.05, 0) is 48.9 Å². The van der Waals surface area contributed by atoms with Crippen LogP contribution < -0.4 is 5.43 Å². The largest absolute Gasteiger partial charge is 0.508 e. The van der Waals surface area contributed by atoms with Crippen LogP contribution >= 0.6 is 0 Å². The molecule has 0 unspecified atom stereocenters. The number of aromatic carboxylic acids is 1. The number of phenolic OH excluding ortho intramolecular Hbond substituents is 1. The van der Waals surface area contributed by atoms with Gasteiger partial charge in [-0.15, -0.1) is 0 Å². The van der Waals surface area contributed by atoms with Crippen LogP contribution in [0.4, 0.5) is 0 Å². The molecule has 6 heteroatoms. The number of amides is 1. The number of rotatable bonds is 4. The molecule has 0 heterocycles. The molecule has 0 saturated carbocycles. The van der Waals surface area contributed by atoms with Crippen molar-refractivity contribution in [2.45, 2.75) is 6.92 Å². The Labute approximate surface area is 126 Å². The molecule has 0 radical (unpaired) electrons. The van der Waals surface area contributed by atoms with Crippen molar-refractivity contribution in [1.82, 2.24) is 5.43 Å². The van der Waals surface area contributed by atoms with Crippen LogP contribution in [0.25, 0.3) is 0 Å². The molecule has 0 aliphatic heterocycles. The average molecular weight is 298 g/mol. The highest BCUT2D eigenvalue weighted by molar-refractivity contribution is 6.05. The van der Waals surface area contributed by atoms with E-state index in [1.54, 1.807) is 31.2 Å². The minimum absolute atomic E-state index is 0.0391. The number of hydrazone groups is 1. The SMILES string of the molecule is CC(=NNC(=O)c1ccccc1C(=O)O)c1ccc(O)cc1. The number of nitrogens with zero attached hydrogens (tertiary/aromatic N) is 1. The minimum atomic E-state index is -1.18. The van der Waals surface area contributed by atoms with Gasteiger partial charge in [0.2, 0.25) is 0 Å². The van der Waals surface area contributed by atoms with E-state index in [-0.39, 0.29) is 16.9 Å². The van der Waals surface area contributed by atoms with Crippen molar-refractivity contribution in [2.24, 2.45) is 5.10 Å². The van der Waals surface area contributed by atoms with Crippen molar-refractivity contribution in [3.8, 4) is 5.75 Å². The van der Waals surface area contributed by atoms with Gasteiger partial charge >= 0.3 is 5.97 Å². The summed E-state index contributed by atoms with van der Waals surface area (Å²) in [7, 11) is 0. The highest BCUT2D eigenvalue weighted by Gasteiger charge is 2.15. The molecule has 3 N–H and O–H groups in total. The van der Waals surface area contributed by atoms with Crippen molar-refractivity contribution in [2.75, 3.05) is 0 Å². The lowest BCUT2D eigenvalue weighted by molar-refractivity contribution is 0.0691. The number of phenols is 1. The molecule has 0 aromatic heterocycles. The van der Waals surface area contributed by atoms with Gasteiger partial charge in [-0.2, -0.15) is 5.10 Å². The maximum atomic E-state index is 12.0. The molecule has 2 aromatic carbocycles. The van der Waals surface area contributed by atoms with Gasteiger partial charge in [0.15, 0.2) is 0 Å². The average Bonchev–Trinajstić information content (AvgIpc) is 2.53. The second kappa shape index (κ2) is 6.53. The van der Waals surface area contributed by atoms with Gasteiger partial charge in [0.1, 0.15) is 5.75 Å². The predicted molar refractivity (Wildman–Crippen MR) is 81.2 cm³/mol. The summed E-state index contributed by atoms with van der Waals surface area (Å²) in [5.41, 5.74) is 3.54. The maximum Gasteiger partial charge on any atom is 0.336 e. The summed E-state index contributed by atoms with van der Waals surface area (Å²) in [6, 6.07) is 12.2. The molecule has 6 nitrogen and oxygen atoms in total. The monoisotopic (exact) mass is 298 g/mol. The Bertz CT molecular complexity index is 736. The number of carboxylic acids is 1. The van der Waals surface area contributed by atoms with E-state index < -0.39 is 11.9 Å². The Morgan fingerprint density at radius 3 is 2.18 bits per heavy atom. The number of benzene rings is 2. The number of aromatic hydroxyl groups is 1. The number of carbonyl (C=O) groups excluding carboxylic acids is 1. The van der Waals surface area contributed by atoms with Gasteiger partial charge in [0, 0.05) is 0 Å². The molecule has 2 aromatic rings. The normalized spacial score (nSPS) is 11.0. The molecule has 0 spiro atoms. The molecular weight excluding hydrogens is 284 g/mol. The molecule has 112 valence electrons. The van der Waals surface area contributed by atoms with E-state index >= 15 is 0 Å². The van der Waals surface area contributed by atoms with E-state index in [0.29, 0.717) is 5.71 Å². The van der Waals surface area contributed by atoms with Crippen LogP contribution in [0.5, 0.6) is 5.75 Å². The molecule has 0 atom stereocenters. The summed E-state index contributed by atoms with van der Waals surface area (Å²) in [6.45, 7) is 1.69. The van der Waals surface area contributed by atoms with Crippen LogP contribution in [0.2, 0.25) is 0 Å². The number of hydrogen-bond acceptors (Lipinski definition) is 4. The smallest absolute Gasteiger partial charge is 0.336 e. The zero-order chi connectivity index (χ0) is 16.1. The molecule has 0 fully saturated rings. The van der Waals surface area contributed by atoms with Crippen molar-refractivity contribution in [3.63, 3.8) is 0 Å². The third-order valence-electron chi connectivity index (χ3n) is 3.01. The van der Waals surface area contributed by atoms with Crippen LogP contribution in [0.3, 0.4) is 0 Å². The molecule has 22 heavy (non-hydrogen) atoms. The summed E-state index contributed by atoms with van der Waals surface area (Å²) in [5.74, 6) is -1.64. The van der Waals surface area contributed by atoms with Gasteiger partial charge in [-0.3, -0.25) is 4.79 Å². The first kappa shape index (κ1) is 15.2. The van der Waals surface area contributed by atoms with Crippen molar-refractivity contribution < 1.29 is 19.8 Å². The van der Waals surface area contributed by atoms with E-state index in [9.17, 15) is 14.7 Å². The van der Waals surface area contributed by atoms with Gasteiger partial charge < -0.3 is 10.2 Å². The van der Waals surface area contributed by atoms with E-state index in [4.69, 9.17) is 5.11 Å². The predicted octanol–water partition coefficient (Wildman–Crippen LogP) is 2.24. The zero-order valence-electron chi connectivity index (χ0n) is 11.8. The second-order valence-corrected chi connectivity index (χ2v) is 4.54. The van der Waals surface area contributed by atoms with E-state index in [1.165, 1.54) is 24.3 Å². The molecule has 1 amide bonds. The lowest BCUT2D eigenvalue weighted by Gasteiger charge is -2.05.